The van der Waals surface area contributed by atoms with Gasteiger partial charge in [-0.25, -0.2) is 14.8 Å². The highest BCUT2D eigenvalue weighted by atomic mass is 16.4. The lowest BCUT2D eigenvalue weighted by molar-refractivity contribution is 0.0696. The number of aromatic nitrogens is 4. The molecule has 3 heterocycles. The Morgan fingerprint density at radius 1 is 1.26 bits per heavy atom. The van der Waals surface area contributed by atoms with Crippen LogP contribution in [0.4, 0.5) is 5.82 Å². The van der Waals surface area contributed by atoms with Crippen molar-refractivity contribution in [3.05, 3.63) is 48.5 Å². The van der Waals surface area contributed by atoms with E-state index in [0.29, 0.717) is 12.4 Å². The van der Waals surface area contributed by atoms with E-state index >= 15 is 0 Å². The molecule has 0 aliphatic carbocycles. The van der Waals surface area contributed by atoms with Crippen LogP contribution in [0.25, 0.3) is 10.9 Å². The first-order chi connectivity index (χ1) is 11.2. The quantitative estimate of drug-likeness (QED) is 0.796. The van der Waals surface area contributed by atoms with Crippen molar-refractivity contribution in [2.24, 2.45) is 0 Å². The molecule has 7 heteroatoms. The smallest absolute Gasteiger partial charge is 0.341 e. The van der Waals surface area contributed by atoms with Gasteiger partial charge in [-0.1, -0.05) is 18.2 Å². The van der Waals surface area contributed by atoms with Gasteiger partial charge in [0.1, 0.15) is 17.7 Å². The number of nitrogens with zero attached hydrogens (tertiary/aromatic N) is 5. The predicted octanol–water partition coefficient (Wildman–Crippen LogP) is 1.98. The molecule has 1 saturated heterocycles. The minimum atomic E-state index is -1.01. The second-order valence-corrected chi connectivity index (χ2v) is 5.60. The molecule has 0 saturated carbocycles. The highest BCUT2D eigenvalue weighted by Crippen LogP contribution is 2.29. The van der Waals surface area contributed by atoms with Crippen molar-refractivity contribution in [3.63, 3.8) is 0 Å². The van der Waals surface area contributed by atoms with E-state index in [1.165, 1.54) is 12.5 Å². The number of hydrogen-bond acceptors (Lipinski definition) is 5. The van der Waals surface area contributed by atoms with Gasteiger partial charge < -0.3 is 10.0 Å². The summed E-state index contributed by atoms with van der Waals surface area (Å²) in [7, 11) is 0. The summed E-state index contributed by atoms with van der Waals surface area (Å²) in [4.78, 5) is 21.3. The van der Waals surface area contributed by atoms with E-state index < -0.39 is 5.97 Å². The lowest BCUT2D eigenvalue weighted by atomic mass is 10.2. The molecule has 1 aromatic carbocycles. The van der Waals surface area contributed by atoms with Crippen LogP contribution in [-0.2, 0) is 0 Å². The Morgan fingerprint density at radius 2 is 2.13 bits per heavy atom. The van der Waals surface area contributed by atoms with Gasteiger partial charge in [-0.2, -0.15) is 5.10 Å². The molecule has 0 radical (unpaired) electrons. The van der Waals surface area contributed by atoms with Crippen molar-refractivity contribution in [2.75, 3.05) is 18.0 Å². The van der Waals surface area contributed by atoms with Gasteiger partial charge >= 0.3 is 5.97 Å². The fourth-order valence-corrected chi connectivity index (χ4v) is 3.14. The molecule has 1 fully saturated rings. The Morgan fingerprint density at radius 3 is 3.00 bits per heavy atom. The summed E-state index contributed by atoms with van der Waals surface area (Å²) < 4.78 is 2.02. The third-order valence-corrected chi connectivity index (χ3v) is 4.24. The van der Waals surface area contributed by atoms with Crippen LogP contribution in [0.2, 0.25) is 0 Å². The van der Waals surface area contributed by atoms with Gasteiger partial charge in [0, 0.05) is 24.7 Å². The topological polar surface area (TPSA) is 84.1 Å². The molecular formula is C16H15N5O2. The maximum absolute atomic E-state index is 11.3. The summed E-state index contributed by atoms with van der Waals surface area (Å²) in [6.45, 7) is 1.43. The molecule has 1 aliphatic rings. The minimum absolute atomic E-state index is 0.137. The van der Waals surface area contributed by atoms with Crippen LogP contribution in [0, 0.1) is 0 Å². The zero-order valence-corrected chi connectivity index (χ0v) is 12.3. The van der Waals surface area contributed by atoms with E-state index in [2.05, 4.69) is 21.1 Å². The number of benzene rings is 1. The van der Waals surface area contributed by atoms with Crippen LogP contribution in [0.5, 0.6) is 0 Å². The highest BCUT2D eigenvalue weighted by Gasteiger charge is 2.29. The van der Waals surface area contributed by atoms with Crippen LogP contribution >= 0.6 is 0 Å². The Balaban J connectivity index is 1.64. The number of hydrogen-bond donors (Lipinski definition) is 1. The first-order valence-electron chi connectivity index (χ1n) is 7.44. The van der Waals surface area contributed by atoms with Gasteiger partial charge in [0.2, 0.25) is 0 Å². The number of rotatable bonds is 3. The van der Waals surface area contributed by atoms with Crippen LogP contribution < -0.4 is 4.90 Å². The number of carboxylic acid groups (broad SMARTS) is 1. The van der Waals surface area contributed by atoms with Crippen molar-refractivity contribution in [2.45, 2.75) is 12.5 Å². The maximum Gasteiger partial charge on any atom is 0.341 e. The molecule has 23 heavy (non-hydrogen) atoms. The first kappa shape index (κ1) is 13.7. The zero-order valence-electron chi connectivity index (χ0n) is 12.3. The summed E-state index contributed by atoms with van der Waals surface area (Å²) in [6.07, 6.45) is 5.50. The second kappa shape index (κ2) is 5.35. The standard InChI is InChI=1S/C16H15N5O2/c22-16(23)13-8-17-10-18-15(13)20-6-5-12(9-20)21-14-4-2-1-3-11(14)7-19-21/h1-4,7-8,10,12H,5-6,9H2,(H,22,23). The second-order valence-electron chi connectivity index (χ2n) is 5.60. The van der Waals surface area contributed by atoms with E-state index in [1.54, 1.807) is 0 Å². The van der Waals surface area contributed by atoms with E-state index in [1.807, 2.05) is 34.0 Å². The number of aromatic carboxylic acids is 1. The van der Waals surface area contributed by atoms with Gasteiger partial charge in [-0.15, -0.1) is 0 Å². The molecule has 3 aromatic rings. The largest absolute Gasteiger partial charge is 0.477 e. The molecule has 1 N–H and O–H groups in total. The van der Waals surface area contributed by atoms with Crippen molar-refractivity contribution in [3.8, 4) is 0 Å². The Hall–Kier alpha value is -2.96. The predicted molar refractivity (Wildman–Crippen MR) is 84.6 cm³/mol. The summed E-state index contributed by atoms with van der Waals surface area (Å²) in [5, 5.41) is 14.9. The average Bonchev–Trinajstić information content (AvgIpc) is 3.21. The number of fused-ring (bicyclic) bond motifs is 1. The molecule has 7 nitrogen and oxygen atoms in total. The molecule has 0 bridgehead atoms. The number of carboxylic acids is 1. The van der Waals surface area contributed by atoms with Crippen molar-refractivity contribution >= 4 is 22.7 Å². The first-order valence-corrected chi connectivity index (χ1v) is 7.44. The van der Waals surface area contributed by atoms with E-state index in [-0.39, 0.29) is 11.6 Å². The van der Waals surface area contributed by atoms with Crippen LogP contribution in [0.15, 0.2) is 43.0 Å². The molecule has 0 spiro atoms. The number of carbonyl (C=O) groups is 1. The van der Waals surface area contributed by atoms with Gasteiger partial charge in [-0.05, 0) is 12.5 Å². The van der Waals surface area contributed by atoms with Gasteiger partial charge in [0.15, 0.2) is 0 Å². The van der Waals surface area contributed by atoms with Crippen molar-refractivity contribution in [1.82, 2.24) is 19.7 Å². The van der Waals surface area contributed by atoms with Crippen molar-refractivity contribution < 1.29 is 9.90 Å². The number of para-hydroxylation sites is 1. The SMILES string of the molecule is O=C(O)c1cncnc1N1CCC(n2ncc3ccccc32)C1. The van der Waals surface area contributed by atoms with E-state index in [0.717, 1.165) is 23.9 Å². The van der Waals surface area contributed by atoms with E-state index in [9.17, 15) is 9.90 Å². The summed E-state index contributed by atoms with van der Waals surface area (Å²) in [6, 6.07) is 8.29. The Kier molecular flexibility index (Phi) is 3.18. The van der Waals surface area contributed by atoms with E-state index in [4.69, 9.17) is 0 Å². The average molecular weight is 309 g/mol. The van der Waals surface area contributed by atoms with Crippen LogP contribution in [0.3, 0.4) is 0 Å². The Bertz CT molecular complexity index is 876. The fraction of sp³-hybridized carbons (Fsp3) is 0.250. The highest BCUT2D eigenvalue weighted by molar-refractivity contribution is 5.92. The lowest BCUT2D eigenvalue weighted by Gasteiger charge is -2.19. The maximum atomic E-state index is 11.3. The summed E-state index contributed by atoms with van der Waals surface area (Å²) in [5.74, 6) is -0.528. The molecule has 1 atom stereocenters. The molecule has 1 aliphatic heterocycles. The molecule has 4 rings (SSSR count). The zero-order chi connectivity index (χ0) is 15.8. The molecule has 1 unspecified atom stereocenters. The van der Waals surface area contributed by atoms with Crippen LogP contribution in [-0.4, -0.2) is 43.9 Å². The monoisotopic (exact) mass is 309 g/mol. The molecule has 2 aromatic heterocycles. The third kappa shape index (κ3) is 2.30. The third-order valence-electron chi connectivity index (χ3n) is 4.24. The number of anilines is 1. The molecule has 116 valence electrons. The summed E-state index contributed by atoms with van der Waals surface area (Å²) >= 11 is 0. The molecule has 0 amide bonds. The van der Waals surface area contributed by atoms with Gasteiger partial charge in [0.05, 0.1) is 17.8 Å². The Labute approximate surface area is 132 Å². The lowest BCUT2D eigenvalue weighted by Crippen LogP contribution is -2.24. The van der Waals surface area contributed by atoms with Crippen LogP contribution in [0.1, 0.15) is 22.8 Å². The molecular weight excluding hydrogens is 294 g/mol. The minimum Gasteiger partial charge on any atom is -0.477 e. The fourth-order valence-electron chi connectivity index (χ4n) is 3.14. The van der Waals surface area contributed by atoms with Gasteiger partial charge in [-0.3, -0.25) is 4.68 Å². The van der Waals surface area contributed by atoms with Crippen molar-refractivity contribution in [1.29, 1.82) is 0 Å². The summed E-state index contributed by atoms with van der Waals surface area (Å²) in [5.41, 5.74) is 1.24. The normalized spacial score (nSPS) is 17.7. The van der Waals surface area contributed by atoms with Gasteiger partial charge in [0.25, 0.3) is 0 Å².